The van der Waals surface area contributed by atoms with Crippen molar-refractivity contribution in [2.45, 2.75) is 0 Å². The smallest absolute Gasteiger partial charge is 0.185 e. The Morgan fingerprint density at radius 1 is 0.760 bits per heavy atom. The number of allylic oxidation sites excluding steroid dienone is 1. The van der Waals surface area contributed by atoms with Gasteiger partial charge in [0.1, 0.15) is 0 Å². The molecule has 0 radical (unpaired) electrons. The molecule has 0 saturated carbocycles. The minimum absolute atomic E-state index is 0.00156. The summed E-state index contributed by atoms with van der Waals surface area (Å²) in [6, 6.07) is 26.2. The van der Waals surface area contributed by atoms with Crippen LogP contribution < -0.4 is 0 Å². The van der Waals surface area contributed by atoms with E-state index in [1.807, 2.05) is 54.6 Å². The molecule has 0 amide bonds. The van der Waals surface area contributed by atoms with E-state index >= 15 is 0 Å². The Balaban J connectivity index is 1.86. The van der Waals surface area contributed by atoms with Crippen molar-refractivity contribution in [3.8, 4) is 0 Å². The van der Waals surface area contributed by atoms with Crippen molar-refractivity contribution in [2.75, 3.05) is 0 Å². The fraction of sp³-hybridized carbons (Fsp3) is 0. The Morgan fingerprint density at radius 2 is 1.40 bits per heavy atom. The van der Waals surface area contributed by atoms with Gasteiger partial charge < -0.3 is 0 Å². The molecule has 0 spiro atoms. The first-order chi connectivity index (χ1) is 12.2. The maximum atomic E-state index is 12.5. The van der Waals surface area contributed by atoms with Crippen LogP contribution in [0.15, 0.2) is 89.4 Å². The highest BCUT2D eigenvalue weighted by molar-refractivity contribution is 9.10. The first-order valence-corrected chi connectivity index (χ1v) is 8.90. The van der Waals surface area contributed by atoms with Gasteiger partial charge in [-0.3, -0.25) is 4.79 Å². The normalized spacial score (nSPS) is 11.4. The van der Waals surface area contributed by atoms with Gasteiger partial charge in [0.15, 0.2) is 5.78 Å². The zero-order valence-electron chi connectivity index (χ0n) is 13.4. The summed E-state index contributed by atoms with van der Waals surface area (Å²) in [6.07, 6.45) is 3.60. The number of carbonyl (C=O) groups excluding carboxylic acids is 1. The second-order valence-corrected chi connectivity index (χ2v) is 6.86. The molecule has 0 aromatic heterocycles. The molecule has 0 fully saturated rings. The van der Waals surface area contributed by atoms with Crippen LogP contribution >= 0.6 is 15.9 Å². The topological polar surface area (TPSA) is 17.1 Å². The molecule has 0 bridgehead atoms. The summed E-state index contributed by atoms with van der Waals surface area (Å²) >= 11 is 3.42. The predicted molar refractivity (Wildman–Crippen MR) is 109 cm³/mol. The molecule has 2 heteroatoms. The lowest BCUT2D eigenvalue weighted by atomic mass is 9.96. The van der Waals surface area contributed by atoms with Gasteiger partial charge >= 0.3 is 0 Å². The Morgan fingerprint density at radius 3 is 2.04 bits per heavy atom. The minimum atomic E-state index is -0.00156. The molecule has 0 aliphatic rings. The largest absolute Gasteiger partial charge is 0.289 e. The molecule has 120 valence electrons. The van der Waals surface area contributed by atoms with E-state index in [1.54, 1.807) is 6.08 Å². The number of halogens is 1. The molecule has 0 aliphatic heterocycles. The molecular weight excluding hydrogens is 372 g/mol. The summed E-state index contributed by atoms with van der Waals surface area (Å²) in [6.45, 7) is 0. The molecule has 0 unspecified atom stereocenters. The zero-order valence-corrected chi connectivity index (χ0v) is 15.0. The monoisotopic (exact) mass is 386 g/mol. The molecular formula is C23H15BrO. The van der Waals surface area contributed by atoms with Crippen molar-refractivity contribution in [3.63, 3.8) is 0 Å². The molecule has 0 N–H and O–H groups in total. The summed E-state index contributed by atoms with van der Waals surface area (Å²) in [5.41, 5.74) is 1.76. The molecule has 4 aromatic carbocycles. The molecule has 0 saturated heterocycles. The third-order valence-corrected chi connectivity index (χ3v) is 4.82. The number of carbonyl (C=O) groups is 1. The van der Waals surface area contributed by atoms with E-state index in [4.69, 9.17) is 0 Å². The van der Waals surface area contributed by atoms with Crippen LogP contribution in [-0.4, -0.2) is 5.78 Å². The molecule has 4 rings (SSSR count). The van der Waals surface area contributed by atoms with E-state index in [2.05, 4.69) is 46.3 Å². The van der Waals surface area contributed by atoms with Crippen molar-refractivity contribution < 1.29 is 4.79 Å². The van der Waals surface area contributed by atoms with Crippen LogP contribution in [0.1, 0.15) is 15.9 Å². The van der Waals surface area contributed by atoms with Gasteiger partial charge in [-0.25, -0.2) is 0 Å². The van der Waals surface area contributed by atoms with Gasteiger partial charge in [0.2, 0.25) is 0 Å². The van der Waals surface area contributed by atoms with E-state index in [1.165, 1.54) is 10.8 Å². The lowest BCUT2D eigenvalue weighted by Crippen LogP contribution is -1.93. The first-order valence-electron chi connectivity index (χ1n) is 8.11. The summed E-state index contributed by atoms with van der Waals surface area (Å²) < 4.78 is 0.905. The number of rotatable bonds is 3. The quantitative estimate of drug-likeness (QED) is 0.218. The summed E-state index contributed by atoms with van der Waals surface area (Å²) in [5, 5.41) is 4.66. The van der Waals surface area contributed by atoms with Crippen LogP contribution in [0.25, 0.3) is 27.6 Å². The Labute approximate surface area is 154 Å². The number of benzene rings is 4. The maximum absolute atomic E-state index is 12.5. The molecule has 0 atom stereocenters. The molecule has 0 aliphatic carbocycles. The zero-order chi connectivity index (χ0) is 17.2. The summed E-state index contributed by atoms with van der Waals surface area (Å²) in [4.78, 5) is 12.5. The minimum Gasteiger partial charge on any atom is -0.289 e. The number of hydrogen-bond donors (Lipinski definition) is 0. The Bertz CT molecular complexity index is 1070. The number of ketones is 1. The van der Waals surface area contributed by atoms with E-state index in [9.17, 15) is 4.79 Å². The Kier molecular flexibility index (Phi) is 4.21. The highest BCUT2D eigenvalue weighted by Crippen LogP contribution is 2.29. The van der Waals surface area contributed by atoms with Crippen LogP contribution in [0.3, 0.4) is 0 Å². The average molecular weight is 387 g/mol. The maximum Gasteiger partial charge on any atom is 0.185 e. The van der Waals surface area contributed by atoms with E-state index in [0.29, 0.717) is 5.56 Å². The van der Waals surface area contributed by atoms with E-state index in [0.717, 1.165) is 20.8 Å². The van der Waals surface area contributed by atoms with E-state index in [-0.39, 0.29) is 5.78 Å². The third-order valence-electron chi connectivity index (χ3n) is 4.32. The predicted octanol–water partition coefficient (Wildman–Crippen LogP) is 6.65. The average Bonchev–Trinajstić information content (AvgIpc) is 2.65. The van der Waals surface area contributed by atoms with Crippen molar-refractivity contribution in [3.05, 3.63) is 101 Å². The van der Waals surface area contributed by atoms with Crippen LogP contribution in [0, 0.1) is 0 Å². The second kappa shape index (κ2) is 6.66. The second-order valence-electron chi connectivity index (χ2n) is 5.94. The summed E-state index contributed by atoms with van der Waals surface area (Å²) in [5.74, 6) is -0.00156. The third kappa shape index (κ3) is 3.13. The number of fused-ring (bicyclic) bond motifs is 2. The van der Waals surface area contributed by atoms with E-state index < -0.39 is 0 Å². The fourth-order valence-electron chi connectivity index (χ4n) is 3.13. The number of hydrogen-bond acceptors (Lipinski definition) is 1. The van der Waals surface area contributed by atoms with Crippen LogP contribution in [0.2, 0.25) is 0 Å². The van der Waals surface area contributed by atoms with Gasteiger partial charge in [0, 0.05) is 10.0 Å². The van der Waals surface area contributed by atoms with Crippen molar-refractivity contribution in [2.24, 2.45) is 0 Å². The lowest BCUT2D eigenvalue weighted by Gasteiger charge is -2.08. The van der Waals surface area contributed by atoms with Gasteiger partial charge in [0.05, 0.1) is 0 Å². The fourth-order valence-corrected chi connectivity index (χ4v) is 3.52. The van der Waals surface area contributed by atoms with Crippen LogP contribution in [0.4, 0.5) is 0 Å². The summed E-state index contributed by atoms with van der Waals surface area (Å²) in [7, 11) is 0. The van der Waals surface area contributed by atoms with Gasteiger partial charge in [0.25, 0.3) is 0 Å². The van der Waals surface area contributed by atoms with Crippen molar-refractivity contribution >= 4 is 49.3 Å². The highest BCUT2D eigenvalue weighted by atomic mass is 79.9. The van der Waals surface area contributed by atoms with Crippen LogP contribution in [0.5, 0.6) is 0 Å². The first kappa shape index (κ1) is 15.8. The van der Waals surface area contributed by atoms with Crippen molar-refractivity contribution in [1.82, 2.24) is 0 Å². The van der Waals surface area contributed by atoms with Gasteiger partial charge in [-0.1, -0.05) is 76.6 Å². The molecule has 25 heavy (non-hydrogen) atoms. The molecule has 0 heterocycles. The van der Waals surface area contributed by atoms with Gasteiger partial charge in [-0.15, -0.1) is 0 Å². The van der Waals surface area contributed by atoms with Crippen LogP contribution in [-0.2, 0) is 0 Å². The lowest BCUT2D eigenvalue weighted by molar-refractivity contribution is 0.104. The molecule has 1 nitrogen and oxygen atoms in total. The standard InChI is InChI=1S/C23H15BrO/c24-19-9-5-8-18(15-19)23(25)13-12-22-20-10-3-1-6-16(20)14-17-7-2-4-11-21(17)22/h1-15H. The van der Waals surface area contributed by atoms with Gasteiger partial charge in [-0.2, -0.15) is 0 Å². The van der Waals surface area contributed by atoms with Gasteiger partial charge in [-0.05, 0) is 57.5 Å². The Hall–Kier alpha value is -2.71. The van der Waals surface area contributed by atoms with Crippen molar-refractivity contribution in [1.29, 1.82) is 0 Å². The highest BCUT2D eigenvalue weighted by Gasteiger charge is 2.06. The SMILES string of the molecule is O=C(C=Cc1c2ccccc2cc2ccccc12)c1cccc(Br)c1. The molecule has 4 aromatic rings.